The molecule has 0 radical (unpaired) electrons. The average molecular weight is 324 g/mol. The molecule has 0 spiro atoms. The second-order valence-electron chi connectivity index (χ2n) is 5.72. The van der Waals surface area contributed by atoms with Gasteiger partial charge in [0.2, 0.25) is 0 Å². The van der Waals surface area contributed by atoms with Crippen LogP contribution in [0.15, 0.2) is 52.7 Å². The second kappa shape index (κ2) is 6.16. The van der Waals surface area contributed by atoms with Gasteiger partial charge in [0.15, 0.2) is 0 Å². The van der Waals surface area contributed by atoms with Gasteiger partial charge in [-0.15, -0.1) is 0 Å². The highest BCUT2D eigenvalue weighted by atomic mass is 16.3. The van der Waals surface area contributed by atoms with Crippen LogP contribution in [0.3, 0.4) is 0 Å². The molecule has 1 saturated heterocycles. The summed E-state index contributed by atoms with van der Waals surface area (Å²) in [6.45, 7) is 4.10. The molecule has 122 valence electrons. The average Bonchev–Trinajstić information content (AvgIpc) is 3.05. The number of carbonyl (C=O) groups is 3. The fourth-order valence-electron chi connectivity index (χ4n) is 2.42. The molecule has 0 bridgehead atoms. The zero-order valence-electron chi connectivity index (χ0n) is 13.3. The normalized spacial score (nSPS) is 16.9. The molecule has 0 aliphatic carbocycles. The van der Waals surface area contributed by atoms with Crippen molar-refractivity contribution in [1.29, 1.82) is 0 Å². The Balaban J connectivity index is 1.96. The minimum atomic E-state index is -0.765. The molecule has 2 heterocycles. The molecule has 1 aromatic heterocycles. The van der Waals surface area contributed by atoms with E-state index in [-0.39, 0.29) is 5.57 Å². The van der Waals surface area contributed by atoms with Gasteiger partial charge in [0.25, 0.3) is 11.8 Å². The molecule has 1 N–H and O–H groups in total. The summed E-state index contributed by atoms with van der Waals surface area (Å²) in [4.78, 5) is 37.6. The van der Waals surface area contributed by atoms with Crippen molar-refractivity contribution in [2.24, 2.45) is 0 Å². The molecular formula is C18H16N2O4. The maximum Gasteiger partial charge on any atom is 0.335 e. The predicted molar refractivity (Wildman–Crippen MR) is 88.2 cm³/mol. The number of urea groups is 1. The lowest BCUT2D eigenvalue weighted by Crippen LogP contribution is -2.54. The van der Waals surface area contributed by atoms with Crippen molar-refractivity contribution >= 4 is 29.6 Å². The van der Waals surface area contributed by atoms with E-state index in [1.54, 1.807) is 24.3 Å². The highest BCUT2D eigenvalue weighted by Crippen LogP contribution is 2.24. The number of nitrogens with one attached hydrogen (secondary N) is 1. The van der Waals surface area contributed by atoms with E-state index in [2.05, 4.69) is 19.2 Å². The first-order chi connectivity index (χ1) is 11.5. The maximum absolute atomic E-state index is 12.6. The summed E-state index contributed by atoms with van der Waals surface area (Å²) in [6, 6.07) is 9.58. The Bertz CT molecular complexity index is 817. The number of nitrogens with zero attached hydrogens (tertiary/aromatic N) is 1. The Morgan fingerprint density at radius 2 is 1.79 bits per heavy atom. The van der Waals surface area contributed by atoms with Crippen molar-refractivity contribution in [1.82, 2.24) is 5.32 Å². The van der Waals surface area contributed by atoms with E-state index in [1.165, 1.54) is 12.3 Å². The van der Waals surface area contributed by atoms with Gasteiger partial charge in [-0.1, -0.05) is 26.0 Å². The number of anilines is 1. The Kier molecular flexibility index (Phi) is 4.04. The third kappa shape index (κ3) is 2.86. The third-order valence-electron chi connectivity index (χ3n) is 3.75. The van der Waals surface area contributed by atoms with Crippen LogP contribution in [0.4, 0.5) is 10.5 Å². The van der Waals surface area contributed by atoms with E-state index >= 15 is 0 Å². The molecule has 1 aliphatic heterocycles. The van der Waals surface area contributed by atoms with E-state index < -0.39 is 17.8 Å². The number of furan rings is 1. The van der Waals surface area contributed by atoms with Gasteiger partial charge in [-0.2, -0.15) is 0 Å². The molecule has 0 unspecified atom stereocenters. The van der Waals surface area contributed by atoms with Crippen molar-refractivity contribution in [3.63, 3.8) is 0 Å². The van der Waals surface area contributed by atoms with Gasteiger partial charge in [-0.05, 0) is 41.8 Å². The lowest BCUT2D eigenvalue weighted by atomic mass is 10.0. The zero-order valence-corrected chi connectivity index (χ0v) is 13.3. The number of benzene rings is 1. The van der Waals surface area contributed by atoms with Gasteiger partial charge in [-0.25, -0.2) is 9.69 Å². The monoisotopic (exact) mass is 324 g/mol. The molecule has 4 amide bonds. The van der Waals surface area contributed by atoms with E-state index in [1.807, 2.05) is 12.1 Å². The largest absolute Gasteiger partial charge is 0.465 e. The Hall–Kier alpha value is -3.15. The first-order valence-electron chi connectivity index (χ1n) is 7.52. The van der Waals surface area contributed by atoms with Crippen LogP contribution in [0.25, 0.3) is 6.08 Å². The lowest BCUT2D eigenvalue weighted by Gasteiger charge is -2.26. The molecule has 6 nitrogen and oxygen atoms in total. The first-order valence-corrected chi connectivity index (χ1v) is 7.52. The highest BCUT2D eigenvalue weighted by Gasteiger charge is 2.36. The fraction of sp³-hybridized carbons (Fsp3) is 0.167. The number of carbonyl (C=O) groups excluding carboxylic acids is 3. The summed E-state index contributed by atoms with van der Waals surface area (Å²) in [7, 11) is 0. The smallest absolute Gasteiger partial charge is 0.335 e. The van der Waals surface area contributed by atoms with Crippen LogP contribution in [0.1, 0.15) is 31.1 Å². The van der Waals surface area contributed by atoms with Gasteiger partial charge in [-0.3, -0.25) is 14.9 Å². The number of barbiturate groups is 1. The van der Waals surface area contributed by atoms with E-state index in [9.17, 15) is 14.4 Å². The summed E-state index contributed by atoms with van der Waals surface area (Å²) in [5.74, 6) is -0.729. The predicted octanol–water partition coefficient (Wildman–Crippen LogP) is 3.07. The van der Waals surface area contributed by atoms with Crippen LogP contribution < -0.4 is 10.2 Å². The van der Waals surface area contributed by atoms with Gasteiger partial charge < -0.3 is 4.42 Å². The summed E-state index contributed by atoms with van der Waals surface area (Å²) in [6.07, 6.45) is 2.75. The van der Waals surface area contributed by atoms with Gasteiger partial charge in [0.05, 0.1) is 12.0 Å². The summed E-state index contributed by atoms with van der Waals surface area (Å²) >= 11 is 0. The molecule has 2 aromatic rings. The van der Waals surface area contributed by atoms with Crippen LogP contribution in [-0.2, 0) is 9.59 Å². The molecule has 24 heavy (non-hydrogen) atoms. The Morgan fingerprint density at radius 1 is 1.08 bits per heavy atom. The number of imide groups is 2. The molecular weight excluding hydrogens is 308 g/mol. The van der Waals surface area contributed by atoms with E-state index in [0.717, 1.165) is 10.5 Å². The maximum atomic E-state index is 12.6. The van der Waals surface area contributed by atoms with Crippen LogP contribution in [0, 0.1) is 0 Å². The topological polar surface area (TPSA) is 79.6 Å². The van der Waals surface area contributed by atoms with Crippen molar-refractivity contribution in [2.75, 3.05) is 4.90 Å². The fourth-order valence-corrected chi connectivity index (χ4v) is 2.42. The van der Waals surface area contributed by atoms with Crippen molar-refractivity contribution in [3.8, 4) is 0 Å². The van der Waals surface area contributed by atoms with Crippen LogP contribution >= 0.6 is 0 Å². The Labute approximate surface area is 138 Å². The van der Waals surface area contributed by atoms with Crippen LogP contribution in [0.5, 0.6) is 0 Å². The zero-order chi connectivity index (χ0) is 17.3. The quantitative estimate of drug-likeness (QED) is 0.695. The van der Waals surface area contributed by atoms with Gasteiger partial charge in [0.1, 0.15) is 11.3 Å². The third-order valence-corrected chi connectivity index (χ3v) is 3.75. The van der Waals surface area contributed by atoms with Crippen LogP contribution in [0.2, 0.25) is 0 Å². The van der Waals surface area contributed by atoms with Crippen molar-refractivity contribution in [3.05, 3.63) is 59.6 Å². The standard InChI is InChI=1S/C18H16N2O4/c1-11(2)12-5-7-13(8-6-12)20-17(22)15(16(21)19-18(20)23)10-14-4-3-9-24-14/h3-11H,1-2H3,(H,19,21,23)/b15-10-. The molecule has 1 aromatic carbocycles. The summed E-state index contributed by atoms with van der Waals surface area (Å²) in [5.41, 5.74) is 1.34. The summed E-state index contributed by atoms with van der Waals surface area (Å²) < 4.78 is 5.13. The minimum absolute atomic E-state index is 0.155. The molecule has 6 heteroatoms. The van der Waals surface area contributed by atoms with Crippen molar-refractivity contribution < 1.29 is 18.8 Å². The van der Waals surface area contributed by atoms with E-state index in [0.29, 0.717) is 17.4 Å². The van der Waals surface area contributed by atoms with Gasteiger partial charge in [0, 0.05) is 0 Å². The number of amides is 4. The van der Waals surface area contributed by atoms with Crippen molar-refractivity contribution in [2.45, 2.75) is 19.8 Å². The molecule has 0 saturated carbocycles. The molecule has 1 aliphatic rings. The van der Waals surface area contributed by atoms with E-state index in [4.69, 9.17) is 4.42 Å². The molecule has 0 atom stereocenters. The van der Waals surface area contributed by atoms with Crippen LogP contribution in [-0.4, -0.2) is 17.8 Å². The lowest BCUT2D eigenvalue weighted by molar-refractivity contribution is -0.122. The minimum Gasteiger partial charge on any atom is -0.465 e. The number of hydrogen-bond acceptors (Lipinski definition) is 4. The molecule has 1 fully saturated rings. The van der Waals surface area contributed by atoms with Gasteiger partial charge >= 0.3 is 6.03 Å². The number of rotatable bonds is 3. The SMILES string of the molecule is CC(C)c1ccc(N2C(=O)NC(=O)/C(=C/c3ccco3)C2=O)cc1. The Morgan fingerprint density at radius 3 is 2.38 bits per heavy atom. The number of hydrogen-bond donors (Lipinski definition) is 1. The first kappa shape index (κ1) is 15.7. The summed E-state index contributed by atoms with van der Waals surface area (Å²) in [5, 5.41) is 2.18. The second-order valence-corrected chi connectivity index (χ2v) is 5.72. The highest BCUT2D eigenvalue weighted by molar-refractivity contribution is 6.39. The molecule has 3 rings (SSSR count).